The van der Waals surface area contributed by atoms with E-state index in [1.165, 1.54) is 0 Å². The molecule has 1 aromatic rings. The standard InChI is InChI=1S/C15H23ClN2O2/c1-5-8-18(10-15(20)17(3)4)14-7-6-12(11(2)19)9-13(14)16/h6-7,9,11,19H,5,8,10H2,1-4H3. The number of carbonyl (C=O) groups is 1. The fourth-order valence-corrected chi connectivity index (χ4v) is 2.21. The molecule has 0 spiro atoms. The molecule has 0 aliphatic heterocycles. The fourth-order valence-electron chi connectivity index (χ4n) is 1.90. The van der Waals surface area contributed by atoms with Crippen LogP contribution in [0.5, 0.6) is 0 Å². The molecule has 0 heterocycles. The summed E-state index contributed by atoms with van der Waals surface area (Å²) < 4.78 is 0. The number of carbonyl (C=O) groups excluding carboxylic acids is 1. The molecule has 0 aliphatic rings. The van der Waals surface area contributed by atoms with Gasteiger partial charge in [0.1, 0.15) is 0 Å². The molecule has 0 fully saturated rings. The van der Waals surface area contributed by atoms with Gasteiger partial charge in [0.25, 0.3) is 0 Å². The van der Waals surface area contributed by atoms with Crippen LogP contribution in [0.25, 0.3) is 0 Å². The number of hydrogen-bond acceptors (Lipinski definition) is 3. The van der Waals surface area contributed by atoms with E-state index in [2.05, 4.69) is 6.92 Å². The van der Waals surface area contributed by atoms with Crippen molar-refractivity contribution in [2.24, 2.45) is 0 Å². The van der Waals surface area contributed by atoms with Gasteiger partial charge in [-0.2, -0.15) is 0 Å². The van der Waals surface area contributed by atoms with Crippen LogP contribution in [0, 0.1) is 0 Å². The summed E-state index contributed by atoms with van der Waals surface area (Å²) in [4.78, 5) is 15.4. The quantitative estimate of drug-likeness (QED) is 0.878. The number of aliphatic hydroxyl groups is 1. The van der Waals surface area contributed by atoms with Crippen LogP contribution in [0.4, 0.5) is 5.69 Å². The second-order valence-corrected chi connectivity index (χ2v) is 5.50. The third kappa shape index (κ3) is 4.39. The number of benzene rings is 1. The first-order chi connectivity index (χ1) is 9.36. The second-order valence-electron chi connectivity index (χ2n) is 5.10. The summed E-state index contributed by atoms with van der Waals surface area (Å²) in [5.41, 5.74) is 1.60. The van der Waals surface area contributed by atoms with Gasteiger partial charge in [0.05, 0.1) is 23.4 Å². The summed E-state index contributed by atoms with van der Waals surface area (Å²) in [5, 5.41) is 10.1. The molecule has 1 atom stereocenters. The van der Waals surface area contributed by atoms with Gasteiger partial charge in [-0.1, -0.05) is 24.6 Å². The Labute approximate surface area is 125 Å². The number of aliphatic hydroxyl groups excluding tert-OH is 1. The van der Waals surface area contributed by atoms with Gasteiger partial charge in [-0.25, -0.2) is 0 Å². The first-order valence-corrected chi connectivity index (χ1v) is 7.17. The Morgan fingerprint density at radius 2 is 2.05 bits per heavy atom. The van der Waals surface area contributed by atoms with Crippen LogP contribution in [-0.2, 0) is 4.79 Å². The van der Waals surface area contributed by atoms with Crippen molar-refractivity contribution >= 4 is 23.2 Å². The zero-order chi connectivity index (χ0) is 15.3. The minimum atomic E-state index is -0.551. The lowest BCUT2D eigenvalue weighted by Gasteiger charge is -2.26. The van der Waals surface area contributed by atoms with E-state index in [-0.39, 0.29) is 5.91 Å². The van der Waals surface area contributed by atoms with Crippen LogP contribution in [0.2, 0.25) is 5.02 Å². The summed E-state index contributed by atoms with van der Waals surface area (Å²) in [6.45, 7) is 4.82. The highest BCUT2D eigenvalue weighted by Crippen LogP contribution is 2.29. The topological polar surface area (TPSA) is 43.8 Å². The van der Waals surface area contributed by atoms with Crippen molar-refractivity contribution in [1.29, 1.82) is 0 Å². The minimum absolute atomic E-state index is 0.0362. The average molecular weight is 299 g/mol. The van der Waals surface area contributed by atoms with E-state index in [1.807, 2.05) is 17.0 Å². The van der Waals surface area contributed by atoms with Crippen LogP contribution in [-0.4, -0.2) is 43.1 Å². The molecule has 1 amide bonds. The maximum absolute atomic E-state index is 11.9. The van der Waals surface area contributed by atoms with Gasteiger partial charge in [-0.3, -0.25) is 4.79 Å². The van der Waals surface area contributed by atoms with Gasteiger partial charge in [-0.05, 0) is 31.0 Å². The van der Waals surface area contributed by atoms with E-state index in [9.17, 15) is 9.90 Å². The van der Waals surface area contributed by atoms with Gasteiger partial charge in [-0.15, -0.1) is 0 Å². The maximum Gasteiger partial charge on any atom is 0.241 e. The monoisotopic (exact) mass is 298 g/mol. The van der Waals surface area contributed by atoms with Gasteiger partial charge in [0.15, 0.2) is 0 Å². The highest BCUT2D eigenvalue weighted by Gasteiger charge is 2.16. The Balaban J connectivity index is 2.99. The molecular weight excluding hydrogens is 276 g/mol. The van der Waals surface area contributed by atoms with Crippen molar-refractivity contribution in [1.82, 2.24) is 4.90 Å². The Hall–Kier alpha value is -1.26. The predicted molar refractivity (Wildman–Crippen MR) is 83.3 cm³/mol. The fraction of sp³-hybridized carbons (Fsp3) is 0.533. The summed E-state index contributed by atoms with van der Waals surface area (Å²) in [7, 11) is 3.48. The van der Waals surface area contributed by atoms with Crippen LogP contribution in [0.1, 0.15) is 31.9 Å². The molecule has 1 rings (SSSR count). The number of nitrogens with zero attached hydrogens (tertiary/aromatic N) is 2. The van der Waals surface area contributed by atoms with E-state index < -0.39 is 6.10 Å². The van der Waals surface area contributed by atoms with Crippen molar-refractivity contribution in [3.05, 3.63) is 28.8 Å². The first-order valence-electron chi connectivity index (χ1n) is 6.79. The highest BCUT2D eigenvalue weighted by atomic mass is 35.5. The number of likely N-dealkylation sites (N-methyl/N-ethyl adjacent to an activating group) is 1. The number of anilines is 1. The molecule has 0 aliphatic carbocycles. The average Bonchev–Trinajstić information content (AvgIpc) is 2.37. The summed E-state index contributed by atoms with van der Waals surface area (Å²) in [5.74, 6) is 0.0362. The lowest BCUT2D eigenvalue weighted by atomic mass is 10.1. The minimum Gasteiger partial charge on any atom is -0.389 e. The third-order valence-corrected chi connectivity index (χ3v) is 3.42. The third-order valence-electron chi connectivity index (χ3n) is 3.11. The molecule has 112 valence electrons. The molecule has 0 saturated carbocycles. The predicted octanol–water partition coefficient (Wildman–Crippen LogP) is 2.70. The number of hydrogen-bond donors (Lipinski definition) is 1. The van der Waals surface area contributed by atoms with Gasteiger partial charge < -0.3 is 14.9 Å². The maximum atomic E-state index is 11.9. The molecule has 1 N–H and O–H groups in total. The highest BCUT2D eigenvalue weighted by molar-refractivity contribution is 6.33. The molecule has 0 saturated heterocycles. The second kappa shape index (κ2) is 7.50. The number of rotatable bonds is 6. The van der Waals surface area contributed by atoms with Crippen molar-refractivity contribution in [3.63, 3.8) is 0 Å². The summed E-state index contributed by atoms with van der Waals surface area (Å²) in [6, 6.07) is 5.46. The smallest absolute Gasteiger partial charge is 0.241 e. The van der Waals surface area contributed by atoms with Gasteiger partial charge in [0.2, 0.25) is 5.91 Å². The van der Waals surface area contributed by atoms with Crippen LogP contribution >= 0.6 is 11.6 Å². The Kier molecular flexibility index (Phi) is 6.30. The van der Waals surface area contributed by atoms with Crippen LogP contribution in [0.3, 0.4) is 0 Å². The molecule has 4 nitrogen and oxygen atoms in total. The van der Waals surface area contributed by atoms with Crippen LogP contribution < -0.4 is 4.90 Å². The normalized spacial score (nSPS) is 12.1. The van der Waals surface area contributed by atoms with Gasteiger partial charge in [0, 0.05) is 20.6 Å². The SMILES string of the molecule is CCCN(CC(=O)N(C)C)c1ccc(C(C)O)cc1Cl. The first kappa shape index (κ1) is 16.8. The largest absolute Gasteiger partial charge is 0.389 e. The zero-order valence-corrected chi connectivity index (χ0v) is 13.3. The molecule has 0 radical (unpaired) electrons. The molecule has 1 unspecified atom stereocenters. The van der Waals surface area contributed by atoms with E-state index in [0.29, 0.717) is 11.6 Å². The molecule has 0 bridgehead atoms. The number of halogens is 1. The Morgan fingerprint density at radius 1 is 1.40 bits per heavy atom. The van der Waals surface area contributed by atoms with E-state index >= 15 is 0 Å². The molecule has 5 heteroatoms. The van der Waals surface area contributed by atoms with E-state index in [0.717, 1.165) is 24.2 Å². The Bertz CT molecular complexity index is 461. The van der Waals surface area contributed by atoms with Gasteiger partial charge >= 0.3 is 0 Å². The number of amides is 1. The lowest BCUT2D eigenvalue weighted by Crippen LogP contribution is -2.37. The van der Waals surface area contributed by atoms with Crippen LogP contribution in [0.15, 0.2) is 18.2 Å². The van der Waals surface area contributed by atoms with Crippen molar-refractivity contribution in [2.75, 3.05) is 32.1 Å². The summed E-state index contributed by atoms with van der Waals surface area (Å²) in [6.07, 6.45) is 0.374. The van der Waals surface area contributed by atoms with Crippen molar-refractivity contribution in [2.45, 2.75) is 26.4 Å². The zero-order valence-electron chi connectivity index (χ0n) is 12.6. The molecule has 1 aromatic carbocycles. The Morgan fingerprint density at radius 3 is 2.50 bits per heavy atom. The van der Waals surface area contributed by atoms with Crippen molar-refractivity contribution in [3.8, 4) is 0 Å². The van der Waals surface area contributed by atoms with E-state index in [4.69, 9.17) is 11.6 Å². The lowest BCUT2D eigenvalue weighted by molar-refractivity contribution is -0.127. The molecular formula is C15H23ClN2O2. The summed E-state index contributed by atoms with van der Waals surface area (Å²) >= 11 is 6.29. The molecule has 0 aromatic heterocycles. The molecule has 20 heavy (non-hydrogen) atoms. The van der Waals surface area contributed by atoms with E-state index in [1.54, 1.807) is 32.0 Å². The van der Waals surface area contributed by atoms with Crippen molar-refractivity contribution < 1.29 is 9.90 Å².